The molecule has 3 nitrogen and oxygen atoms in total. The third-order valence-corrected chi connectivity index (χ3v) is 1.71. The maximum Gasteiger partial charge on any atom is 0.377 e. The minimum atomic E-state index is -1.58. The molecular formula is C9H7FO3. The van der Waals surface area contributed by atoms with Crippen molar-refractivity contribution >= 4 is 11.8 Å². The van der Waals surface area contributed by atoms with Crippen molar-refractivity contribution in [1.29, 1.82) is 0 Å². The number of aliphatic carboxylic acids is 1. The molecule has 0 radical (unpaired) electrons. The van der Waals surface area contributed by atoms with E-state index in [1.807, 2.05) is 0 Å². The average molecular weight is 182 g/mol. The van der Waals surface area contributed by atoms with Crippen molar-refractivity contribution in [3.05, 3.63) is 35.1 Å². The maximum atomic E-state index is 12.9. The summed E-state index contributed by atoms with van der Waals surface area (Å²) >= 11 is 0. The molecule has 0 bridgehead atoms. The Labute approximate surface area is 73.8 Å². The molecule has 0 unspecified atom stereocenters. The van der Waals surface area contributed by atoms with E-state index in [1.165, 1.54) is 25.1 Å². The van der Waals surface area contributed by atoms with Crippen LogP contribution in [0.5, 0.6) is 0 Å². The second kappa shape index (κ2) is 3.35. The molecular weight excluding hydrogens is 175 g/mol. The standard InChI is InChI=1S/C9H7FO3/c1-5-6(8(11)9(12)13)3-2-4-7(5)10/h2-4H,1H3,(H,12,13). The van der Waals surface area contributed by atoms with Crippen molar-refractivity contribution in [3.8, 4) is 0 Å². The second-order valence-electron chi connectivity index (χ2n) is 2.55. The number of halogens is 1. The van der Waals surface area contributed by atoms with Crippen molar-refractivity contribution in [2.24, 2.45) is 0 Å². The zero-order chi connectivity index (χ0) is 10.0. The van der Waals surface area contributed by atoms with Crippen LogP contribution in [-0.4, -0.2) is 16.9 Å². The Morgan fingerprint density at radius 3 is 2.54 bits per heavy atom. The fourth-order valence-electron chi connectivity index (χ4n) is 0.969. The van der Waals surface area contributed by atoms with Crippen LogP contribution in [0.4, 0.5) is 4.39 Å². The highest BCUT2D eigenvalue weighted by atomic mass is 19.1. The topological polar surface area (TPSA) is 54.4 Å². The average Bonchev–Trinajstić information content (AvgIpc) is 2.08. The summed E-state index contributed by atoms with van der Waals surface area (Å²) < 4.78 is 12.9. The van der Waals surface area contributed by atoms with Crippen LogP contribution >= 0.6 is 0 Å². The Balaban J connectivity index is 3.23. The van der Waals surface area contributed by atoms with Gasteiger partial charge in [0.2, 0.25) is 0 Å². The molecule has 0 aliphatic carbocycles. The molecule has 0 saturated carbocycles. The summed E-state index contributed by atoms with van der Waals surface area (Å²) in [7, 11) is 0. The highest BCUT2D eigenvalue weighted by molar-refractivity contribution is 6.40. The number of carboxylic acid groups (broad SMARTS) is 1. The Morgan fingerprint density at radius 1 is 1.38 bits per heavy atom. The van der Waals surface area contributed by atoms with E-state index in [4.69, 9.17) is 5.11 Å². The van der Waals surface area contributed by atoms with Gasteiger partial charge in [-0.15, -0.1) is 0 Å². The van der Waals surface area contributed by atoms with Gasteiger partial charge < -0.3 is 5.11 Å². The lowest BCUT2D eigenvalue weighted by Gasteiger charge is -2.01. The van der Waals surface area contributed by atoms with Gasteiger partial charge in [0.05, 0.1) is 0 Å². The summed E-state index contributed by atoms with van der Waals surface area (Å²) in [6.45, 7) is 1.37. The van der Waals surface area contributed by atoms with E-state index in [2.05, 4.69) is 0 Å². The van der Waals surface area contributed by atoms with Crippen LogP contribution in [0.15, 0.2) is 18.2 Å². The first kappa shape index (κ1) is 9.38. The normalized spacial score (nSPS) is 9.69. The maximum absolute atomic E-state index is 12.9. The van der Waals surface area contributed by atoms with E-state index < -0.39 is 17.6 Å². The van der Waals surface area contributed by atoms with Crippen molar-refractivity contribution in [2.75, 3.05) is 0 Å². The monoisotopic (exact) mass is 182 g/mol. The molecule has 13 heavy (non-hydrogen) atoms. The second-order valence-corrected chi connectivity index (χ2v) is 2.55. The molecule has 1 N–H and O–H groups in total. The zero-order valence-corrected chi connectivity index (χ0v) is 6.87. The number of hydrogen-bond acceptors (Lipinski definition) is 2. The van der Waals surface area contributed by atoms with Crippen molar-refractivity contribution in [2.45, 2.75) is 6.92 Å². The molecule has 0 atom stereocenters. The Bertz CT molecular complexity index is 371. The van der Waals surface area contributed by atoms with Gasteiger partial charge in [0.1, 0.15) is 5.82 Å². The fourth-order valence-corrected chi connectivity index (χ4v) is 0.969. The number of carbonyl (C=O) groups excluding carboxylic acids is 1. The molecule has 4 heteroatoms. The van der Waals surface area contributed by atoms with E-state index in [9.17, 15) is 14.0 Å². The van der Waals surface area contributed by atoms with Crippen LogP contribution in [0, 0.1) is 12.7 Å². The van der Waals surface area contributed by atoms with E-state index in [0.717, 1.165) is 0 Å². The molecule has 0 aliphatic heterocycles. The van der Waals surface area contributed by atoms with Gasteiger partial charge in [-0.2, -0.15) is 0 Å². The summed E-state index contributed by atoms with van der Waals surface area (Å²) in [5.74, 6) is -3.24. The van der Waals surface area contributed by atoms with Crippen LogP contribution in [0.25, 0.3) is 0 Å². The Hall–Kier alpha value is -1.71. The lowest BCUT2D eigenvalue weighted by molar-refractivity contribution is -0.131. The molecule has 68 valence electrons. The van der Waals surface area contributed by atoms with Gasteiger partial charge in [0.15, 0.2) is 0 Å². The van der Waals surface area contributed by atoms with E-state index >= 15 is 0 Å². The van der Waals surface area contributed by atoms with E-state index in [0.29, 0.717) is 0 Å². The fraction of sp³-hybridized carbons (Fsp3) is 0.111. The minimum absolute atomic E-state index is 0.0647. The number of hydrogen-bond donors (Lipinski definition) is 1. The van der Waals surface area contributed by atoms with E-state index in [1.54, 1.807) is 0 Å². The summed E-state index contributed by atoms with van der Waals surface area (Å²) in [6.07, 6.45) is 0. The van der Waals surface area contributed by atoms with E-state index in [-0.39, 0.29) is 11.1 Å². The highest BCUT2D eigenvalue weighted by Gasteiger charge is 2.17. The number of ketones is 1. The minimum Gasteiger partial charge on any atom is -0.475 e. The van der Waals surface area contributed by atoms with Gasteiger partial charge in [-0.25, -0.2) is 9.18 Å². The number of rotatable bonds is 2. The molecule has 1 rings (SSSR count). The third-order valence-electron chi connectivity index (χ3n) is 1.71. The summed E-state index contributed by atoms with van der Waals surface area (Å²) in [5.41, 5.74) is -0.0394. The molecule has 1 aromatic rings. The predicted octanol–water partition coefficient (Wildman–Crippen LogP) is 1.40. The summed E-state index contributed by atoms with van der Waals surface area (Å²) in [4.78, 5) is 21.2. The zero-order valence-electron chi connectivity index (χ0n) is 6.87. The Morgan fingerprint density at radius 2 is 2.00 bits per heavy atom. The molecule has 0 aliphatic rings. The van der Waals surface area contributed by atoms with Crippen LogP contribution in [0.1, 0.15) is 15.9 Å². The van der Waals surface area contributed by atoms with Gasteiger partial charge in [-0.1, -0.05) is 12.1 Å². The largest absolute Gasteiger partial charge is 0.475 e. The lowest BCUT2D eigenvalue weighted by atomic mass is 10.0. The van der Waals surface area contributed by atoms with Gasteiger partial charge in [0, 0.05) is 5.56 Å². The molecule has 1 aromatic carbocycles. The van der Waals surface area contributed by atoms with Crippen LogP contribution in [-0.2, 0) is 4.79 Å². The van der Waals surface area contributed by atoms with Crippen molar-refractivity contribution < 1.29 is 19.1 Å². The van der Waals surface area contributed by atoms with Gasteiger partial charge in [0.25, 0.3) is 5.78 Å². The number of Topliss-reactive ketones (excluding diaryl/α,β-unsaturated/α-hetero) is 1. The first-order valence-corrected chi connectivity index (χ1v) is 3.56. The third kappa shape index (κ3) is 1.72. The lowest BCUT2D eigenvalue weighted by Crippen LogP contribution is -2.14. The molecule has 0 fully saturated rings. The van der Waals surface area contributed by atoms with Crippen molar-refractivity contribution in [3.63, 3.8) is 0 Å². The SMILES string of the molecule is Cc1c(F)cccc1C(=O)C(=O)O. The van der Waals surface area contributed by atoms with Gasteiger partial charge in [-0.3, -0.25) is 4.79 Å². The molecule has 0 saturated heterocycles. The molecule has 0 spiro atoms. The quantitative estimate of drug-likeness (QED) is 0.555. The molecule has 0 aromatic heterocycles. The predicted molar refractivity (Wildman–Crippen MR) is 43.1 cm³/mol. The number of benzene rings is 1. The van der Waals surface area contributed by atoms with Gasteiger partial charge >= 0.3 is 5.97 Å². The summed E-state index contributed by atoms with van der Waals surface area (Å²) in [5, 5.41) is 8.38. The molecule has 0 amide bonds. The smallest absolute Gasteiger partial charge is 0.377 e. The highest BCUT2D eigenvalue weighted by Crippen LogP contribution is 2.12. The van der Waals surface area contributed by atoms with Crippen LogP contribution in [0.2, 0.25) is 0 Å². The number of carbonyl (C=O) groups is 2. The first-order valence-electron chi connectivity index (χ1n) is 3.56. The van der Waals surface area contributed by atoms with Crippen LogP contribution in [0.3, 0.4) is 0 Å². The first-order chi connectivity index (χ1) is 6.04. The summed E-state index contributed by atoms with van der Waals surface area (Å²) in [6, 6.07) is 3.77. The van der Waals surface area contributed by atoms with Crippen LogP contribution < -0.4 is 0 Å². The Kier molecular flexibility index (Phi) is 2.41. The van der Waals surface area contributed by atoms with Gasteiger partial charge in [-0.05, 0) is 18.6 Å². The van der Waals surface area contributed by atoms with Crippen molar-refractivity contribution in [1.82, 2.24) is 0 Å². The molecule has 0 heterocycles. The number of carboxylic acids is 1.